The van der Waals surface area contributed by atoms with Crippen LogP contribution in [-0.2, 0) is 15.3 Å². The van der Waals surface area contributed by atoms with Crippen LogP contribution in [0.25, 0.3) is 0 Å². The summed E-state index contributed by atoms with van der Waals surface area (Å²) in [4.78, 5) is 0.423. The Labute approximate surface area is 112 Å². The van der Waals surface area contributed by atoms with Gasteiger partial charge in [0.25, 0.3) is 0 Å². The van der Waals surface area contributed by atoms with E-state index in [0.29, 0.717) is 16.6 Å². The molecule has 0 N–H and O–H groups in total. The molecular weight excluding hydrogens is 300 g/mol. The predicted molar refractivity (Wildman–Crippen MR) is 75.6 cm³/mol. The van der Waals surface area contributed by atoms with E-state index in [9.17, 15) is 8.42 Å². The zero-order valence-electron chi connectivity index (χ0n) is 10.5. The van der Waals surface area contributed by atoms with E-state index in [1.54, 1.807) is 12.1 Å². The molecule has 0 radical (unpaired) electrons. The minimum Gasteiger partial charge on any atom is -0.224 e. The lowest BCUT2D eigenvalue weighted by atomic mass is 9.87. The maximum absolute atomic E-state index is 11.9. The van der Waals surface area contributed by atoms with Gasteiger partial charge >= 0.3 is 0 Å². The molecule has 0 heterocycles. The molecule has 0 bridgehead atoms. The van der Waals surface area contributed by atoms with Crippen molar-refractivity contribution in [2.75, 3.05) is 11.1 Å². The van der Waals surface area contributed by atoms with Crippen LogP contribution in [0.15, 0.2) is 29.2 Å². The summed E-state index contributed by atoms with van der Waals surface area (Å²) in [7, 11) is -3.11. The molecule has 1 aromatic carbocycles. The van der Waals surface area contributed by atoms with Crippen molar-refractivity contribution in [3.63, 3.8) is 0 Å². The lowest BCUT2D eigenvalue weighted by Crippen LogP contribution is -2.12. The van der Waals surface area contributed by atoms with Crippen LogP contribution < -0.4 is 0 Å². The summed E-state index contributed by atoms with van der Waals surface area (Å²) in [6.45, 7) is 6.34. The highest BCUT2D eigenvalue weighted by atomic mass is 79.9. The first kappa shape index (κ1) is 14.7. The fourth-order valence-corrected chi connectivity index (χ4v) is 3.49. The highest BCUT2D eigenvalue weighted by Gasteiger charge is 2.17. The van der Waals surface area contributed by atoms with E-state index in [-0.39, 0.29) is 11.2 Å². The van der Waals surface area contributed by atoms with Crippen molar-refractivity contribution in [2.45, 2.75) is 37.5 Å². The van der Waals surface area contributed by atoms with E-state index in [2.05, 4.69) is 36.7 Å². The summed E-state index contributed by atoms with van der Waals surface area (Å²) >= 11 is 3.25. The van der Waals surface area contributed by atoms with Crippen LogP contribution >= 0.6 is 15.9 Å². The van der Waals surface area contributed by atoms with Crippen LogP contribution in [0.2, 0.25) is 0 Å². The molecule has 0 aliphatic carbocycles. The lowest BCUT2D eigenvalue weighted by molar-refractivity contribution is 0.586. The molecule has 0 spiro atoms. The molecule has 17 heavy (non-hydrogen) atoms. The van der Waals surface area contributed by atoms with E-state index < -0.39 is 9.84 Å². The second-order valence-electron chi connectivity index (χ2n) is 5.14. The third-order valence-electron chi connectivity index (χ3n) is 2.63. The fourth-order valence-electron chi connectivity index (χ4n) is 1.52. The maximum Gasteiger partial charge on any atom is 0.178 e. The zero-order chi connectivity index (χ0) is 13.1. The van der Waals surface area contributed by atoms with Crippen LogP contribution in [0.5, 0.6) is 0 Å². The SMILES string of the molecule is CC(C)(C)c1ccc(S(=O)(=O)CCCBr)cc1. The van der Waals surface area contributed by atoms with E-state index in [1.165, 1.54) is 0 Å². The van der Waals surface area contributed by atoms with Crippen LogP contribution in [0.3, 0.4) is 0 Å². The highest BCUT2D eigenvalue weighted by Crippen LogP contribution is 2.23. The second-order valence-corrected chi connectivity index (χ2v) is 8.04. The molecule has 0 atom stereocenters. The van der Waals surface area contributed by atoms with Crippen LogP contribution in [0, 0.1) is 0 Å². The van der Waals surface area contributed by atoms with E-state index in [0.717, 1.165) is 5.56 Å². The average Bonchev–Trinajstić information content (AvgIpc) is 2.25. The van der Waals surface area contributed by atoms with Crippen molar-refractivity contribution in [1.82, 2.24) is 0 Å². The van der Waals surface area contributed by atoms with E-state index in [1.807, 2.05) is 12.1 Å². The number of sulfone groups is 1. The van der Waals surface area contributed by atoms with E-state index >= 15 is 0 Å². The molecule has 4 heteroatoms. The van der Waals surface area contributed by atoms with Crippen LogP contribution in [-0.4, -0.2) is 19.5 Å². The Morgan fingerprint density at radius 2 is 1.65 bits per heavy atom. The standard InChI is InChI=1S/C13H19BrO2S/c1-13(2,3)11-5-7-12(8-6-11)17(15,16)10-4-9-14/h5-8H,4,9-10H2,1-3H3. The Bertz CT molecular complexity index is 455. The summed E-state index contributed by atoms with van der Waals surface area (Å²) < 4.78 is 23.9. The summed E-state index contributed by atoms with van der Waals surface area (Å²) in [5, 5.41) is 0.715. The van der Waals surface area contributed by atoms with Crippen molar-refractivity contribution >= 4 is 25.8 Å². The monoisotopic (exact) mass is 318 g/mol. The first-order valence-electron chi connectivity index (χ1n) is 5.66. The van der Waals surface area contributed by atoms with Gasteiger partial charge in [-0.05, 0) is 29.5 Å². The topological polar surface area (TPSA) is 34.1 Å². The van der Waals surface area contributed by atoms with Gasteiger partial charge in [0.15, 0.2) is 9.84 Å². The zero-order valence-corrected chi connectivity index (χ0v) is 12.9. The average molecular weight is 319 g/mol. The summed E-state index contributed by atoms with van der Waals surface area (Å²) in [6, 6.07) is 7.23. The molecule has 96 valence electrons. The third-order valence-corrected chi connectivity index (χ3v) is 5.00. The van der Waals surface area contributed by atoms with Crippen molar-refractivity contribution in [3.8, 4) is 0 Å². The Hall–Kier alpha value is -0.350. The van der Waals surface area contributed by atoms with E-state index in [4.69, 9.17) is 0 Å². The number of benzene rings is 1. The fraction of sp³-hybridized carbons (Fsp3) is 0.538. The first-order chi connectivity index (χ1) is 7.77. The van der Waals surface area contributed by atoms with Gasteiger partial charge in [0.1, 0.15) is 0 Å². The molecule has 0 aromatic heterocycles. The molecule has 1 aromatic rings. The molecule has 1 rings (SSSR count). The van der Waals surface area contributed by atoms with Crippen LogP contribution in [0.1, 0.15) is 32.8 Å². The maximum atomic E-state index is 11.9. The van der Waals surface area contributed by atoms with Gasteiger partial charge in [0.2, 0.25) is 0 Å². The molecule has 0 amide bonds. The lowest BCUT2D eigenvalue weighted by Gasteiger charge is -2.19. The molecule has 0 aliphatic heterocycles. The largest absolute Gasteiger partial charge is 0.224 e. The second kappa shape index (κ2) is 5.53. The number of alkyl halides is 1. The number of rotatable bonds is 4. The van der Waals surface area contributed by atoms with Crippen molar-refractivity contribution in [3.05, 3.63) is 29.8 Å². The smallest absolute Gasteiger partial charge is 0.178 e. The molecule has 0 fully saturated rings. The van der Waals surface area contributed by atoms with Gasteiger partial charge in [-0.3, -0.25) is 0 Å². The van der Waals surface area contributed by atoms with Gasteiger partial charge in [-0.2, -0.15) is 0 Å². The minimum atomic E-state index is -3.11. The molecular formula is C13H19BrO2S. The Morgan fingerprint density at radius 1 is 1.12 bits per heavy atom. The first-order valence-corrected chi connectivity index (χ1v) is 8.44. The van der Waals surface area contributed by atoms with Gasteiger partial charge in [-0.15, -0.1) is 0 Å². The van der Waals surface area contributed by atoms with Gasteiger partial charge in [-0.25, -0.2) is 8.42 Å². The van der Waals surface area contributed by atoms with Crippen molar-refractivity contribution in [1.29, 1.82) is 0 Å². The Balaban J connectivity index is 2.95. The molecule has 0 unspecified atom stereocenters. The Morgan fingerprint density at radius 3 is 2.06 bits per heavy atom. The van der Waals surface area contributed by atoms with Gasteiger partial charge in [-0.1, -0.05) is 48.8 Å². The molecule has 2 nitrogen and oxygen atoms in total. The molecule has 0 saturated carbocycles. The molecule has 0 saturated heterocycles. The van der Waals surface area contributed by atoms with Gasteiger partial charge in [0.05, 0.1) is 10.6 Å². The van der Waals surface area contributed by atoms with Crippen LogP contribution in [0.4, 0.5) is 0 Å². The quantitative estimate of drug-likeness (QED) is 0.796. The molecule has 0 aliphatic rings. The predicted octanol–water partition coefficient (Wildman–Crippen LogP) is 3.54. The highest BCUT2D eigenvalue weighted by molar-refractivity contribution is 9.09. The van der Waals surface area contributed by atoms with Crippen molar-refractivity contribution in [2.24, 2.45) is 0 Å². The normalized spacial score (nSPS) is 12.7. The third kappa shape index (κ3) is 4.11. The summed E-state index contributed by atoms with van der Waals surface area (Å²) in [6.07, 6.45) is 0.642. The van der Waals surface area contributed by atoms with Gasteiger partial charge in [0, 0.05) is 5.33 Å². The van der Waals surface area contributed by atoms with Crippen molar-refractivity contribution < 1.29 is 8.42 Å². The minimum absolute atomic E-state index is 0.0537. The number of hydrogen-bond donors (Lipinski definition) is 0. The summed E-state index contributed by atoms with van der Waals surface area (Å²) in [5.74, 6) is 0.202. The number of halogens is 1. The Kier molecular flexibility index (Phi) is 4.78. The number of hydrogen-bond acceptors (Lipinski definition) is 2. The van der Waals surface area contributed by atoms with Gasteiger partial charge < -0.3 is 0 Å². The summed E-state index contributed by atoms with van der Waals surface area (Å²) in [5.41, 5.74) is 1.20.